The summed E-state index contributed by atoms with van der Waals surface area (Å²) < 4.78 is 0. The average molecular weight is 171 g/mol. The molecule has 0 radical (unpaired) electrons. The lowest BCUT2D eigenvalue weighted by atomic mass is 10.0. The SMILES string of the molecule is CCN1CCC(CCC(C)O)C1. The van der Waals surface area contributed by atoms with Crippen LogP contribution in [0.2, 0.25) is 0 Å². The molecular weight excluding hydrogens is 150 g/mol. The van der Waals surface area contributed by atoms with Crippen molar-refractivity contribution < 1.29 is 5.11 Å². The van der Waals surface area contributed by atoms with Gasteiger partial charge in [0.05, 0.1) is 6.10 Å². The van der Waals surface area contributed by atoms with E-state index < -0.39 is 0 Å². The minimum Gasteiger partial charge on any atom is -0.393 e. The van der Waals surface area contributed by atoms with Crippen LogP contribution in [0.25, 0.3) is 0 Å². The molecular formula is C10H21NO. The molecule has 1 heterocycles. The van der Waals surface area contributed by atoms with Crippen LogP contribution in [-0.4, -0.2) is 35.7 Å². The van der Waals surface area contributed by atoms with Crippen molar-refractivity contribution in [2.24, 2.45) is 5.92 Å². The van der Waals surface area contributed by atoms with Crippen LogP contribution in [0.3, 0.4) is 0 Å². The minimum atomic E-state index is -0.110. The van der Waals surface area contributed by atoms with E-state index in [4.69, 9.17) is 5.11 Å². The van der Waals surface area contributed by atoms with Gasteiger partial charge in [0.15, 0.2) is 0 Å². The summed E-state index contributed by atoms with van der Waals surface area (Å²) in [6.07, 6.45) is 3.40. The highest BCUT2D eigenvalue weighted by Crippen LogP contribution is 2.21. The summed E-state index contributed by atoms with van der Waals surface area (Å²) in [6.45, 7) is 7.80. The fraction of sp³-hybridized carbons (Fsp3) is 1.00. The van der Waals surface area contributed by atoms with Gasteiger partial charge < -0.3 is 10.0 Å². The monoisotopic (exact) mass is 171 g/mol. The van der Waals surface area contributed by atoms with Gasteiger partial charge in [0.1, 0.15) is 0 Å². The summed E-state index contributed by atoms with van der Waals surface area (Å²) in [6, 6.07) is 0. The van der Waals surface area contributed by atoms with E-state index in [1.807, 2.05) is 6.92 Å². The highest BCUT2D eigenvalue weighted by Gasteiger charge is 2.20. The zero-order valence-electron chi connectivity index (χ0n) is 8.29. The van der Waals surface area contributed by atoms with Gasteiger partial charge in [0.25, 0.3) is 0 Å². The van der Waals surface area contributed by atoms with Crippen LogP contribution in [0.15, 0.2) is 0 Å². The number of hydrogen-bond donors (Lipinski definition) is 1. The number of aliphatic hydroxyl groups is 1. The van der Waals surface area contributed by atoms with Crippen LogP contribution in [0.1, 0.15) is 33.1 Å². The second-order valence-electron chi connectivity index (χ2n) is 3.97. The van der Waals surface area contributed by atoms with Gasteiger partial charge in [0, 0.05) is 6.54 Å². The van der Waals surface area contributed by atoms with Crippen LogP contribution in [0, 0.1) is 5.92 Å². The summed E-state index contributed by atoms with van der Waals surface area (Å²) in [5.74, 6) is 0.847. The molecule has 2 atom stereocenters. The lowest BCUT2D eigenvalue weighted by Gasteiger charge is -2.13. The molecule has 2 heteroatoms. The van der Waals surface area contributed by atoms with E-state index in [0.717, 1.165) is 12.3 Å². The first-order chi connectivity index (χ1) is 5.72. The Morgan fingerprint density at radius 1 is 1.58 bits per heavy atom. The molecule has 1 saturated heterocycles. The van der Waals surface area contributed by atoms with Gasteiger partial charge in [-0.2, -0.15) is 0 Å². The number of hydrogen-bond acceptors (Lipinski definition) is 2. The Balaban J connectivity index is 2.11. The van der Waals surface area contributed by atoms with Crippen LogP contribution in [0.4, 0.5) is 0 Å². The van der Waals surface area contributed by atoms with E-state index in [1.165, 1.54) is 32.5 Å². The molecule has 1 aliphatic heterocycles. The van der Waals surface area contributed by atoms with E-state index in [0.29, 0.717) is 0 Å². The highest BCUT2D eigenvalue weighted by molar-refractivity contribution is 4.74. The summed E-state index contributed by atoms with van der Waals surface area (Å²) in [4.78, 5) is 2.49. The maximum Gasteiger partial charge on any atom is 0.0512 e. The Morgan fingerprint density at radius 2 is 2.33 bits per heavy atom. The lowest BCUT2D eigenvalue weighted by Crippen LogP contribution is -2.20. The Hall–Kier alpha value is -0.0800. The maximum absolute atomic E-state index is 9.12. The van der Waals surface area contributed by atoms with Crippen LogP contribution < -0.4 is 0 Å². The molecule has 0 aromatic heterocycles. The van der Waals surface area contributed by atoms with Crippen molar-refractivity contribution in [1.29, 1.82) is 0 Å². The van der Waals surface area contributed by atoms with E-state index in [2.05, 4.69) is 11.8 Å². The average Bonchev–Trinajstić information content (AvgIpc) is 2.48. The first-order valence-corrected chi connectivity index (χ1v) is 5.12. The van der Waals surface area contributed by atoms with Crippen molar-refractivity contribution in [1.82, 2.24) is 4.90 Å². The molecule has 1 N–H and O–H groups in total. The molecule has 0 spiro atoms. The molecule has 0 aromatic carbocycles. The largest absolute Gasteiger partial charge is 0.393 e. The second-order valence-corrected chi connectivity index (χ2v) is 3.97. The molecule has 0 bridgehead atoms. The smallest absolute Gasteiger partial charge is 0.0512 e. The summed E-state index contributed by atoms with van der Waals surface area (Å²) in [7, 11) is 0. The van der Waals surface area contributed by atoms with E-state index >= 15 is 0 Å². The molecule has 12 heavy (non-hydrogen) atoms. The summed E-state index contributed by atoms with van der Waals surface area (Å²) in [5, 5.41) is 9.12. The predicted octanol–water partition coefficient (Wildman–Crippen LogP) is 1.49. The molecule has 72 valence electrons. The Bertz CT molecular complexity index is 125. The normalized spacial score (nSPS) is 27.8. The van der Waals surface area contributed by atoms with Gasteiger partial charge in [0.2, 0.25) is 0 Å². The lowest BCUT2D eigenvalue weighted by molar-refractivity contribution is 0.173. The van der Waals surface area contributed by atoms with Gasteiger partial charge in [-0.05, 0) is 45.2 Å². The minimum absolute atomic E-state index is 0.110. The van der Waals surface area contributed by atoms with E-state index in [1.54, 1.807) is 0 Å². The molecule has 1 aliphatic rings. The molecule has 1 fully saturated rings. The first kappa shape index (κ1) is 10.0. The molecule has 0 aliphatic carbocycles. The Kier molecular flexibility index (Phi) is 4.02. The van der Waals surface area contributed by atoms with Crippen molar-refractivity contribution in [3.8, 4) is 0 Å². The maximum atomic E-state index is 9.12. The summed E-state index contributed by atoms with van der Waals surface area (Å²) >= 11 is 0. The molecule has 2 unspecified atom stereocenters. The number of rotatable bonds is 4. The molecule has 0 aromatic rings. The van der Waals surface area contributed by atoms with Gasteiger partial charge in [-0.3, -0.25) is 0 Å². The Labute approximate surface area is 75.6 Å². The predicted molar refractivity (Wildman–Crippen MR) is 51.1 cm³/mol. The quantitative estimate of drug-likeness (QED) is 0.692. The van der Waals surface area contributed by atoms with Crippen molar-refractivity contribution in [2.75, 3.05) is 19.6 Å². The third kappa shape index (κ3) is 3.11. The van der Waals surface area contributed by atoms with Crippen molar-refractivity contribution in [2.45, 2.75) is 39.2 Å². The fourth-order valence-corrected chi connectivity index (χ4v) is 1.91. The molecule has 0 amide bonds. The molecule has 0 saturated carbocycles. The van der Waals surface area contributed by atoms with Crippen molar-refractivity contribution in [3.05, 3.63) is 0 Å². The zero-order valence-corrected chi connectivity index (χ0v) is 8.29. The first-order valence-electron chi connectivity index (χ1n) is 5.12. The van der Waals surface area contributed by atoms with Gasteiger partial charge in [-0.15, -0.1) is 0 Å². The van der Waals surface area contributed by atoms with Crippen molar-refractivity contribution in [3.63, 3.8) is 0 Å². The third-order valence-electron chi connectivity index (χ3n) is 2.81. The van der Waals surface area contributed by atoms with Gasteiger partial charge >= 0.3 is 0 Å². The van der Waals surface area contributed by atoms with Crippen LogP contribution in [-0.2, 0) is 0 Å². The highest BCUT2D eigenvalue weighted by atomic mass is 16.3. The number of likely N-dealkylation sites (tertiary alicyclic amines) is 1. The van der Waals surface area contributed by atoms with E-state index in [-0.39, 0.29) is 6.10 Å². The van der Waals surface area contributed by atoms with Gasteiger partial charge in [-0.25, -0.2) is 0 Å². The van der Waals surface area contributed by atoms with Crippen LogP contribution in [0.5, 0.6) is 0 Å². The fourth-order valence-electron chi connectivity index (χ4n) is 1.91. The molecule has 1 rings (SSSR count). The van der Waals surface area contributed by atoms with Crippen LogP contribution >= 0.6 is 0 Å². The van der Waals surface area contributed by atoms with Gasteiger partial charge in [-0.1, -0.05) is 6.92 Å². The van der Waals surface area contributed by atoms with E-state index in [9.17, 15) is 0 Å². The van der Waals surface area contributed by atoms with Crippen molar-refractivity contribution >= 4 is 0 Å². The third-order valence-corrected chi connectivity index (χ3v) is 2.81. The standard InChI is InChI=1S/C10H21NO/c1-3-11-7-6-10(8-11)5-4-9(2)12/h9-10,12H,3-8H2,1-2H3. The Morgan fingerprint density at radius 3 is 2.83 bits per heavy atom. The summed E-state index contributed by atoms with van der Waals surface area (Å²) in [5.41, 5.74) is 0. The number of nitrogens with zero attached hydrogens (tertiary/aromatic N) is 1. The topological polar surface area (TPSA) is 23.5 Å². The number of aliphatic hydroxyl groups excluding tert-OH is 1. The zero-order chi connectivity index (χ0) is 8.97. The second kappa shape index (κ2) is 4.83. The molecule has 2 nitrogen and oxygen atoms in total.